The minimum atomic E-state index is -6.13. The number of hydrogen-bond donors (Lipinski definition) is 0. The van der Waals surface area contributed by atoms with Gasteiger partial charge in [0.25, 0.3) is 0 Å². The van der Waals surface area contributed by atoms with Crippen molar-refractivity contribution in [2.45, 2.75) is 140 Å². The molecule has 3 aromatic carbocycles. The fourth-order valence-corrected chi connectivity index (χ4v) is 13.5. The maximum absolute atomic E-state index is 16.4. The summed E-state index contributed by atoms with van der Waals surface area (Å²) in [5.74, 6) is -0.257. The molecule has 0 aromatic heterocycles. The summed E-state index contributed by atoms with van der Waals surface area (Å²) in [5, 5.41) is -0.106. The standard InChI is InChI=1S/C43H51F2O6S3/c44-43(45,53(46,47)50-40-28-16-17-29-41(40)52(36-24-12-4-13-25-36)37-26-14-5-15-27-37)54(48,49)51-42-38(33-20-8-2-9-21-33)30-35(32-18-6-1-7-19-32)31-39(42)34-22-10-3-11-23-34/h4-5,12-17,24-26,28-34,37H,1-3,6-11,18-23,27H2/q+1. The van der Waals surface area contributed by atoms with Crippen LogP contribution in [0.1, 0.15) is 137 Å². The predicted molar refractivity (Wildman–Crippen MR) is 211 cm³/mol. The summed E-state index contributed by atoms with van der Waals surface area (Å²) < 4.78 is 93.6. The summed E-state index contributed by atoms with van der Waals surface area (Å²) in [6, 6.07) is 19.5. The van der Waals surface area contributed by atoms with Crippen molar-refractivity contribution >= 4 is 31.1 Å². The van der Waals surface area contributed by atoms with Gasteiger partial charge in [-0.05, 0) is 103 Å². The molecular formula is C43H51F2O6S3+. The molecule has 0 amide bonds. The molecule has 3 aromatic rings. The van der Waals surface area contributed by atoms with Gasteiger partial charge in [-0.3, -0.25) is 0 Å². The van der Waals surface area contributed by atoms with Crippen LogP contribution < -0.4 is 8.37 Å². The lowest BCUT2D eigenvalue weighted by molar-refractivity contribution is 0.156. The lowest BCUT2D eigenvalue weighted by Crippen LogP contribution is -2.43. The second-order valence-corrected chi connectivity index (χ2v) is 20.9. The van der Waals surface area contributed by atoms with Gasteiger partial charge >= 0.3 is 24.8 Å². The van der Waals surface area contributed by atoms with Crippen LogP contribution in [0, 0.1) is 0 Å². The van der Waals surface area contributed by atoms with Crippen LogP contribution in [0.2, 0.25) is 0 Å². The van der Waals surface area contributed by atoms with Crippen molar-refractivity contribution in [3.8, 4) is 11.5 Å². The number of para-hydroxylation sites is 1. The van der Waals surface area contributed by atoms with Crippen molar-refractivity contribution < 1.29 is 34.0 Å². The summed E-state index contributed by atoms with van der Waals surface area (Å²) in [5.41, 5.74) is 2.38. The number of halogens is 2. The summed E-state index contributed by atoms with van der Waals surface area (Å²) in [7, 11) is -13.1. The van der Waals surface area contributed by atoms with Crippen molar-refractivity contribution in [3.05, 3.63) is 108 Å². The Morgan fingerprint density at radius 1 is 0.611 bits per heavy atom. The summed E-state index contributed by atoms with van der Waals surface area (Å²) >= 11 is 0. The van der Waals surface area contributed by atoms with E-state index in [9.17, 15) is 16.8 Å². The third kappa shape index (κ3) is 8.33. The van der Waals surface area contributed by atoms with E-state index < -0.39 is 35.7 Å². The van der Waals surface area contributed by atoms with Gasteiger partial charge in [-0.25, -0.2) is 0 Å². The summed E-state index contributed by atoms with van der Waals surface area (Å²) in [4.78, 5) is 1.24. The van der Waals surface area contributed by atoms with Gasteiger partial charge in [-0.2, -0.15) is 25.6 Å². The highest BCUT2D eigenvalue weighted by Crippen LogP contribution is 2.49. The van der Waals surface area contributed by atoms with Gasteiger partial charge in [0.1, 0.15) is 5.75 Å². The summed E-state index contributed by atoms with van der Waals surface area (Å²) in [6.45, 7) is 0. The minimum Gasteiger partial charge on any atom is -0.377 e. The van der Waals surface area contributed by atoms with E-state index in [4.69, 9.17) is 8.37 Å². The molecule has 6 nitrogen and oxygen atoms in total. The van der Waals surface area contributed by atoms with Crippen molar-refractivity contribution in [2.75, 3.05) is 0 Å². The van der Waals surface area contributed by atoms with Crippen molar-refractivity contribution in [2.24, 2.45) is 0 Å². The SMILES string of the molecule is O=S(=O)(Oc1ccccc1[S+](c1ccccc1)C1C=CC=CC1)C(F)(F)S(=O)(=O)Oc1c(C2CCCCC2)cc(C2CCCCC2)cc1C1CCCCC1. The molecule has 3 fully saturated rings. The Morgan fingerprint density at radius 2 is 1.13 bits per heavy atom. The maximum atomic E-state index is 16.4. The van der Waals surface area contributed by atoms with E-state index in [1.165, 1.54) is 18.6 Å². The quantitative estimate of drug-likeness (QED) is 0.134. The molecular weight excluding hydrogens is 747 g/mol. The zero-order valence-corrected chi connectivity index (χ0v) is 33.2. The Morgan fingerprint density at radius 3 is 1.69 bits per heavy atom. The normalized spacial score (nSPS) is 21.5. The first kappa shape index (κ1) is 39.1. The second-order valence-electron chi connectivity index (χ2n) is 15.3. The smallest absolute Gasteiger partial charge is 0.377 e. The lowest BCUT2D eigenvalue weighted by Gasteiger charge is -2.32. The van der Waals surface area contributed by atoms with E-state index in [0.29, 0.717) is 28.4 Å². The Hall–Kier alpha value is -3.15. The number of alkyl halides is 2. The van der Waals surface area contributed by atoms with E-state index in [0.717, 1.165) is 100 Å². The molecule has 2 atom stereocenters. The number of rotatable bonds is 12. The van der Waals surface area contributed by atoms with Gasteiger partial charge in [-0.1, -0.05) is 118 Å². The monoisotopic (exact) mass is 797 g/mol. The molecule has 0 heterocycles. The van der Waals surface area contributed by atoms with Gasteiger partial charge in [0, 0.05) is 6.42 Å². The molecule has 0 saturated heterocycles. The van der Waals surface area contributed by atoms with Crippen LogP contribution in [0.25, 0.3) is 0 Å². The largest absolute Gasteiger partial charge is 0.518 e. The predicted octanol–water partition coefficient (Wildman–Crippen LogP) is 11.4. The number of hydrogen-bond acceptors (Lipinski definition) is 6. The number of allylic oxidation sites excluding steroid dienone is 3. The highest BCUT2D eigenvalue weighted by atomic mass is 32.3. The van der Waals surface area contributed by atoms with Gasteiger partial charge in [0.2, 0.25) is 4.90 Å². The van der Waals surface area contributed by atoms with E-state index >= 15 is 8.78 Å². The van der Waals surface area contributed by atoms with Crippen LogP contribution in [-0.4, -0.2) is 26.7 Å². The van der Waals surface area contributed by atoms with Gasteiger partial charge < -0.3 is 8.37 Å². The van der Waals surface area contributed by atoms with E-state index in [1.54, 1.807) is 12.1 Å². The molecule has 290 valence electrons. The Kier molecular flexibility index (Phi) is 12.3. The van der Waals surface area contributed by atoms with Crippen molar-refractivity contribution in [1.29, 1.82) is 0 Å². The van der Waals surface area contributed by atoms with E-state index in [1.807, 2.05) is 66.8 Å². The average Bonchev–Trinajstić information content (AvgIpc) is 3.20. The molecule has 7 rings (SSSR count). The first-order chi connectivity index (χ1) is 26.1. The molecule has 0 bridgehead atoms. The van der Waals surface area contributed by atoms with Crippen LogP contribution in [-0.2, 0) is 31.1 Å². The maximum Gasteiger partial charge on any atom is 0.518 e. The number of benzene rings is 3. The molecule has 3 saturated carbocycles. The van der Waals surface area contributed by atoms with Crippen LogP contribution in [0.5, 0.6) is 11.5 Å². The molecule has 0 N–H and O–H groups in total. The Bertz CT molecular complexity index is 1990. The third-order valence-electron chi connectivity index (χ3n) is 11.6. The fraction of sp³-hybridized carbons (Fsp3) is 0.488. The van der Waals surface area contributed by atoms with Crippen LogP contribution in [0.3, 0.4) is 0 Å². The molecule has 2 unspecified atom stereocenters. The van der Waals surface area contributed by atoms with Crippen molar-refractivity contribution in [3.63, 3.8) is 0 Å². The Labute approximate surface area is 323 Å². The van der Waals surface area contributed by atoms with Gasteiger partial charge in [0.05, 0.1) is 10.9 Å². The van der Waals surface area contributed by atoms with Gasteiger partial charge in [0.15, 0.2) is 15.9 Å². The molecule has 0 aliphatic heterocycles. The third-order valence-corrected chi connectivity index (χ3v) is 17.4. The topological polar surface area (TPSA) is 86.7 Å². The highest BCUT2D eigenvalue weighted by molar-refractivity contribution is 8.05. The second kappa shape index (κ2) is 16.9. The average molecular weight is 798 g/mol. The first-order valence-corrected chi connectivity index (χ1v) is 23.8. The molecule has 4 aliphatic rings. The molecule has 11 heteroatoms. The van der Waals surface area contributed by atoms with E-state index in [-0.39, 0.29) is 28.6 Å². The summed E-state index contributed by atoms with van der Waals surface area (Å²) in [6.07, 6.45) is 23.0. The first-order valence-electron chi connectivity index (χ1n) is 19.7. The molecule has 4 aliphatic carbocycles. The zero-order valence-electron chi connectivity index (χ0n) is 30.7. The van der Waals surface area contributed by atoms with Crippen LogP contribution in [0.15, 0.2) is 101 Å². The molecule has 0 spiro atoms. The van der Waals surface area contributed by atoms with E-state index in [2.05, 4.69) is 0 Å². The lowest BCUT2D eigenvalue weighted by atomic mass is 9.75. The minimum absolute atomic E-state index is 0.0669. The Balaban J connectivity index is 1.26. The van der Waals surface area contributed by atoms with Crippen molar-refractivity contribution in [1.82, 2.24) is 0 Å². The van der Waals surface area contributed by atoms with Crippen LogP contribution >= 0.6 is 0 Å². The fourth-order valence-electron chi connectivity index (χ4n) is 8.82. The molecule has 54 heavy (non-hydrogen) atoms. The molecule has 0 radical (unpaired) electrons. The van der Waals surface area contributed by atoms with Crippen LogP contribution in [0.4, 0.5) is 8.78 Å². The zero-order chi connectivity index (χ0) is 37.8. The highest BCUT2D eigenvalue weighted by Gasteiger charge is 2.63. The van der Waals surface area contributed by atoms with Gasteiger partial charge in [-0.15, -0.1) is 0 Å².